The normalized spacial score (nSPS) is 15.5. The lowest BCUT2D eigenvalue weighted by Gasteiger charge is -2.33. The molecule has 1 aromatic carbocycles. The molecule has 1 N–H and O–H groups in total. The van der Waals surface area contributed by atoms with Crippen molar-refractivity contribution in [1.29, 1.82) is 0 Å². The lowest BCUT2D eigenvalue weighted by atomic mass is 10.0. The van der Waals surface area contributed by atoms with Crippen molar-refractivity contribution < 1.29 is 23.2 Å². The third-order valence-electron chi connectivity index (χ3n) is 6.03. The predicted octanol–water partition coefficient (Wildman–Crippen LogP) is 4.32. The molecule has 2 aromatic heterocycles. The maximum Gasteiger partial charge on any atom is 0.329 e. The number of nitrogens with zero attached hydrogens (tertiary/aromatic N) is 4. The van der Waals surface area contributed by atoms with E-state index in [-0.39, 0.29) is 22.6 Å². The molecule has 0 aliphatic carbocycles. The Labute approximate surface area is 196 Å². The third kappa shape index (κ3) is 4.18. The first-order valence-corrected chi connectivity index (χ1v) is 11.4. The molecule has 34 heavy (non-hydrogen) atoms. The Morgan fingerprint density at radius 2 is 2.06 bits per heavy atom. The van der Waals surface area contributed by atoms with E-state index in [1.165, 1.54) is 22.8 Å². The van der Waals surface area contributed by atoms with Crippen LogP contribution in [0.1, 0.15) is 42.8 Å². The Morgan fingerprint density at radius 1 is 1.35 bits per heavy atom. The van der Waals surface area contributed by atoms with Crippen LogP contribution in [0.2, 0.25) is 0 Å². The Morgan fingerprint density at radius 3 is 2.65 bits per heavy atom. The number of alkyl halides is 2. The van der Waals surface area contributed by atoms with Crippen LogP contribution in [0.4, 0.5) is 14.6 Å². The molecule has 1 fully saturated rings. The highest BCUT2D eigenvalue weighted by molar-refractivity contribution is 7.17. The molecule has 0 radical (unpaired) electrons. The molecule has 0 amide bonds. The van der Waals surface area contributed by atoms with Crippen LogP contribution in [0, 0.1) is 0 Å². The zero-order chi connectivity index (χ0) is 24.6. The number of piperidine rings is 1. The second-order valence-corrected chi connectivity index (χ2v) is 8.86. The van der Waals surface area contributed by atoms with E-state index < -0.39 is 23.9 Å². The summed E-state index contributed by atoms with van der Waals surface area (Å²) in [6.07, 6.45) is 6.10. The minimum absolute atomic E-state index is 0.179. The second kappa shape index (κ2) is 9.18. The van der Waals surface area contributed by atoms with Crippen LogP contribution in [0.5, 0.6) is 0 Å². The summed E-state index contributed by atoms with van der Waals surface area (Å²) in [6.45, 7) is 6.02. The van der Waals surface area contributed by atoms with Crippen LogP contribution in [0.15, 0.2) is 40.2 Å². The van der Waals surface area contributed by atoms with E-state index in [9.17, 15) is 23.5 Å². The molecular formula is C23H25F2N4O4P. The van der Waals surface area contributed by atoms with E-state index in [2.05, 4.69) is 11.7 Å². The number of carboxylic acids is 1. The van der Waals surface area contributed by atoms with Crippen molar-refractivity contribution in [2.45, 2.75) is 38.0 Å². The number of halogens is 2. The maximum atomic E-state index is 14.2. The zero-order valence-electron chi connectivity index (χ0n) is 18.6. The second-order valence-electron chi connectivity index (χ2n) is 8.13. The first-order chi connectivity index (χ1) is 16.2. The highest BCUT2D eigenvalue weighted by Crippen LogP contribution is 2.43. The fourth-order valence-corrected chi connectivity index (χ4v) is 4.82. The molecule has 3 aromatic rings. The van der Waals surface area contributed by atoms with E-state index in [0.29, 0.717) is 43.1 Å². The molecule has 1 aliphatic rings. The van der Waals surface area contributed by atoms with Gasteiger partial charge in [-0.3, -0.25) is 13.9 Å². The number of rotatable bonds is 7. The zero-order valence-corrected chi connectivity index (χ0v) is 19.7. The number of hydrogen-bond acceptors (Lipinski definition) is 5. The number of hydrogen-bond donors (Lipinski definition) is 1. The minimum atomic E-state index is -3.14. The topological polar surface area (TPSA) is 93.5 Å². The van der Waals surface area contributed by atoms with E-state index in [1.54, 1.807) is 32.0 Å². The molecule has 11 heteroatoms. The molecule has 0 spiro atoms. The highest BCUT2D eigenvalue weighted by atomic mass is 31.0. The van der Waals surface area contributed by atoms with Crippen molar-refractivity contribution in [1.82, 2.24) is 14.3 Å². The van der Waals surface area contributed by atoms with E-state index in [4.69, 9.17) is 4.52 Å². The van der Waals surface area contributed by atoms with Crippen molar-refractivity contribution in [3.05, 3.63) is 58.3 Å². The molecule has 1 aliphatic heterocycles. The van der Waals surface area contributed by atoms with Gasteiger partial charge in [-0.2, -0.15) is 8.78 Å². The molecule has 3 heterocycles. The summed E-state index contributed by atoms with van der Waals surface area (Å²) in [4.78, 5) is 26.4. The monoisotopic (exact) mass is 490 g/mol. The molecule has 1 saturated heterocycles. The van der Waals surface area contributed by atoms with Crippen molar-refractivity contribution in [3.8, 4) is 0 Å². The first-order valence-electron chi connectivity index (χ1n) is 10.8. The quantitative estimate of drug-likeness (QED) is 0.496. The molecule has 1 unspecified atom stereocenters. The van der Waals surface area contributed by atoms with Gasteiger partial charge in [-0.05, 0) is 38.0 Å². The fraction of sp³-hybridized carbons (Fsp3) is 0.348. The van der Waals surface area contributed by atoms with Crippen LogP contribution in [0.25, 0.3) is 23.1 Å². The van der Waals surface area contributed by atoms with Gasteiger partial charge in [-0.25, -0.2) is 4.79 Å². The number of aromatic nitrogens is 3. The van der Waals surface area contributed by atoms with Gasteiger partial charge < -0.3 is 14.5 Å². The van der Waals surface area contributed by atoms with Gasteiger partial charge in [-0.1, -0.05) is 39.2 Å². The number of carbonyl (C=O) groups is 1. The van der Waals surface area contributed by atoms with Gasteiger partial charge in [-0.15, -0.1) is 0 Å². The molecule has 0 saturated carbocycles. The Hall–Kier alpha value is -3.26. The number of carboxylic acid groups (broad SMARTS) is 1. The molecule has 180 valence electrons. The molecule has 1 atom stereocenters. The summed E-state index contributed by atoms with van der Waals surface area (Å²) < 4.78 is 36.5. The third-order valence-corrected chi connectivity index (χ3v) is 6.34. The maximum absolute atomic E-state index is 14.2. The largest absolute Gasteiger partial charge is 0.480 e. The van der Waals surface area contributed by atoms with Gasteiger partial charge in [0, 0.05) is 24.7 Å². The number of imidazole rings is 1. The summed E-state index contributed by atoms with van der Waals surface area (Å²) in [5.41, 5.74) is -2.41. The molecular weight excluding hydrogens is 465 g/mol. The van der Waals surface area contributed by atoms with Gasteiger partial charge in [0.05, 0.1) is 16.8 Å². The summed E-state index contributed by atoms with van der Waals surface area (Å²) in [6, 6.07) is 4.26. The number of aliphatic carboxylic acids is 1. The van der Waals surface area contributed by atoms with Crippen LogP contribution in [-0.4, -0.2) is 38.5 Å². The number of fused-ring (bicyclic) bond motifs is 1. The average molecular weight is 490 g/mol. The van der Waals surface area contributed by atoms with Gasteiger partial charge in [0.15, 0.2) is 11.4 Å². The lowest BCUT2D eigenvalue weighted by molar-refractivity contribution is -0.137. The summed E-state index contributed by atoms with van der Waals surface area (Å²) >= 11 is 0. The molecule has 8 nitrogen and oxygen atoms in total. The first kappa shape index (κ1) is 23.9. The summed E-state index contributed by atoms with van der Waals surface area (Å²) in [7, 11) is 1.55. The van der Waals surface area contributed by atoms with Gasteiger partial charge in [0.25, 0.3) is 5.66 Å². The van der Waals surface area contributed by atoms with E-state index >= 15 is 0 Å². The van der Waals surface area contributed by atoms with Gasteiger partial charge >= 0.3 is 11.7 Å². The Balaban J connectivity index is 1.67. The van der Waals surface area contributed by atoms with Crippen LogP contribution in [-0.2, 0) is 17.0 Å². The molecule has 4 rings (SSSR count). The lowest BCUT2D eigenvalue weighted by Crippen LogP contribution is -2.38. The summed E-state index contributed by atoms with van der Waals surface area (Å²) in [5, 5.41) is 13.6. The molecule has 0 bridgehead atoms. The smallest absolute Gasteiger partial charge is 0.329 e. The van der Waals surface area contributed by atoms with Gasteiger partial charge in [0.2, 0.25) is 0 Å². The Bertz CT molecular complexity index is 1330. The van der Waals surface area contributed by atoms with Gasteiger partial charge in [0.1, 0.15) is 6.54 Å². The predicted molar refractivity (Wildman–Crippen MR) is 129 cm³/mol. The number of anilines is 1. The van der Waals surface area contributed by atoms with Crippen molar-refractivity contribution in [3.63, 3.8) is 0 Å². The van der Waals surface area contributed by atoms with E-state index in [0.717, 1.165) is 0 Å². The van der Waals surface area contributed by atoms with E-state index in [1.807, 2.05) is 11.8 Å². The van der Waals surface area contributed by atoms with Crippen LogP contribution in [0.3, 0.4) is 0 Å². The number of benzene rings is 1. The van der Waals surface area contributed by atoms with Crippen molar-refractivity contribution >= 4 is 44.1 Å². The fourth-order valence-electron chi connectivity index (χ4n) is 4.58. The van der Waals surface area contributed by atoms with Crippen LogP contribution < -0.4 is 10.6 Å². The number of allylic oxidation sites excluding steroid dienone is 1. The summed E-state index contributed by atoms with van der Waals surface area (Å²) in [5.74, 6) is -0.772. The highest BCUT2D eigenvalue weighted by Gasteiger charge is 2.33. The van der Waals surface area contributed by atoms with Crippen molar-refractivity contribution in [2.75, 3.05) is 18.0 Å². The average Bonchev–Trinajstić information content (AvgIpc) is 3.32. The Kier molecular flexibility index (Phi) is 6.45. The van der Waals surface area contributed by atoms with Crippen molar-refractivity contribution in [2.24, 2.45) is 0 Å². The minimum Gasteiger partial charge on any atom is -0.480 e. The van der Waals surface area contributed by atoms with Crippen LogP contribution >= 0.6 is 9.24 Å². The SMILES string of the molecule is C=Cc1c(/C=C\C)n(C2CCN(c3noc4cccc(C(F)(F)P)c34)CC2)c(=O)n1CC(=O)O. The standard InChI is InChI=1S/C23H25F2N4O4P/c1-3-6-17-16(4-2)28(13-19(30)31)22(32)29(17)14-9-11-27(12-10-14)21-20-15(23(24,25)34)7-5-8-18(20)33-26-21/h3-8,14H,2,9-13,34H2,1H3,(H,30,31)/b6-3-.